The Kier molecular flexibility index (Phi) is 2.17. The van der Waals surface area contributed by atoms with Crippen molar-refractivity contribution in [2.45, 2.75) is 0 Å². The number of hydrogen-bond donors (Lipinski definition) is 1. The first kappa shape index (κ1) is 9.09. The Morgan fingerprint density at radius 3 is 2.86 bits per heavy atom. The average molecular weight is 210 g/mol. The molecule has 72 valence electrons. The highest BCUT2D eigenvalue weighted by atomic mass is 35.5. The number of phenolic OH excluding ortho intramolecular Hbond substituents is 1. The Hall–Kier alpha value is -1.48. The molecule has 0 saturated carbocycles. The smallest absolute Gasteiger partial charge is 0.145 e. The molecule has 0 unspecified atom stereocenters. The molecule has 0 aliphatic heterocycles. The fourth-order valence-corrected chi connectivity index (χ4v) is 1.54. The summed E-state index contributed by atoms with van der Waals surface area (Å²) in [7, 11) is 1.57. The third-order valence-corrected chi connectivity index (χ3v) is 2.31. The van der Waals surface area contributed by atoms with Gasteiger partial charge in [-0.15, -0.1) is 0 Å². The lowest BCUT2D eigenvalue weighted by molar-refractivity contribution is 0.418. The van der Waals surface area contributed by atoms with Gasteiger partial charge in [0.25, 0.3) is 0 Å². The predicted octanol–water partition coefficient (Wildman–Crippen LogP) is 2.60. The van der Waals surface area contributed by atoms with Gasteiger partial charge in [0, 0.05) is 10.8 Å². The number of halogens is 1. The molecule has 3 nitrogen and oxygen atoms in total. The summed E-state index contributed by atoms with van der Waals surface area (Å²) in [5.74, 6) is 0.804. The highest BCUT2D eigenvalue weighted by Crippen LogP contribution is 2.31. The number of fused-ring (bicyclic) bond motifs is 1. The first-order chi connectivity index (χ1) is 6.72. The minimum absolute atomic E-state index is 0.162. The predicted molar refractivity (Wildman–Crippen MR) is 55.0 cm³/mol. The van der Waals surface area contributed by atoms with Crippen molar-refractivity contribution >= 4 is 22.4 Å². The molecule has 1 heterocycles. The van der Waals surface area contributed by atoms with E-state index in [1.165, 1.54) is 0 Å². The van der Waals surface area contributed by atoms with E-state index in [0.717, 1.165) is 5.39 Å². The molecular formula is C10H8ClNO2. The number of rotatable bonds is 1. The summed E-state index contributed by atoms with van der Waals surface area (Å²) in [6, 6.07) is 4.89. The van der Waals surface area contributed by atoms with E-state index in [1.54, 1.807) is 31.5 Å². The van der Waals surface area contributed by atoms with Crippen LogP contribution in [0.25, 0.3) is 10.8 Å². The third-order valence-electron chi connectivity index (χ3n) is 2.01. The Balaban J connectivity index is 2.84. The highest BCUT2D eigenvalue weighted by molar-refractivity contribution is 6.34. The first-order valence-corrected chi connectivity index (χ1v) is 4.41. The summed E-state index contributed by atoms with van der Waals surface area (Å²) < 4.78 is 5.12. The topological polar surface area (TPSA) is 42.4 Å². The average Bonchev–Trinajstić information content (AvgIpc) is 2.19. The minimum atomic E-state index is 0.162. The molecule has 0 radical (unpaired) electrons. The van der Waals surface area contributed by atoms with Crippen LogP contribution in [0, 0.1) is 0 Å². The molecule has 0 fully saturated rings. The molecule has 0 amide bonds. The van der Waals surface area contributed by atoms with Crippen LogP contribution in [0.3, 0.4) is 0 Å². The number of ether oxygens (including phenoxy) is 1. The normalized spacial score (nSPS) is 10.4. The Morgan fingerprint density at radius 1 is 1.36 bits per heavy atom. The summed E-state index contributed by atoms with van der Waals surface area (Å²) in [6.07, 6.45) is 1.56. The van der Waals surface area contributed by atoms with Crippen LogP contribution in [-0.2, 0) is 0 Å². The Morgan fingerprint density at radius 2 is 2.14 bits per heavy atom. The maximum absolute atomic E-state index is 9.29. The molecule has 14 heavy (non-hydrogen) atoms. The van der Waals surface area contributed by atoms with Crippen LogP contribution in [0.15, 0.2) is 24.4 Å². The second kappa shape index (κ2) is 3.35. The second-order valence-corrected chi connectivity index (χ2v) is 3.21. The molecule has 2 rings (SSSR count). The number of methoxy groups -OCH3 is 1. The van der Waals surface area contributed by atoms with E-state index < -0.39 is 0 Å². The van der Waals surface area contributed by atoms with Crippen molar-refractivity contribution in [2.75, 3.05) is 7.11 Å². The van der Waals surface area contributed by atoms with E-state index in [-0.39, 0.29) is 5.75 Å². The maximum atomic E-state index is 9.29. The molecule has 4 heteroatoms. The van der Waals surface area contributed by atoms with Gasteiger partial charge >= 0.3 is 0 Å². The quantitative estimate of drug-likeness (QED) is 0.735. The third kappa shape index (κ3) is 1.36. The lowest BCUT2D eigenvalue weighted by atomic mass is 10.1. The van der Waals surface area contributed by atoms with Gasteiger partial charge in [0.05, 0.1) is 13.3 Å². The molecule has 1 aromatic carbocycles. The monoisotopic (exact) mass is 209 g/mol. The minimum Gasteiger partial charge on any atom is -0.508 e. The molecule has 1 aromatic heterocycles. The van der Waals surface area contributed by atoms with Crippen molar-refractivity contribution in [2.24, 2.45) is 0 Å². The second-order valence-electron chi connectivity index (χ2n) is 2.85. The van der Waals surface area contributed by atoms with Crippen LogP contribution in [-0.4, -0.2) is 17.2 Å². The van der Waals surface area contributed by atoms with Gasteiger partial charge < -0.3 is 9.84 Å². The Labute approximate surface area is 85.9 Å². The van der Waals surface area contributed by atoms with E-state index in [2.05, 4.69) is 4.98 Å². The van der Waals surface area contributed by atoms with Gasteiger partial charge in [0.15, 0.2) is 0 Å². The largest absolute Gasteiger partial charge is 0.508 e. The molecule has 0 aliphatic rings. The fraction of sp³-hybridized carbons (Fsp3) is 0.100. The van der Waals surface area contributed by atoms with Crippen molar-refractivity contribution in [1.82, 2.24) is 4.98 Å². The number of benzene rings is 1. The standard InChI is InChI=1S/C10H8ClNO2/c1-14-9-5-12-10(11)8-4-6(13)2-3-7(8)9/h2-5,13H,1H3. The maximum Gasteiger partial charge on any atom is 0.145 e. The van der Waals surface area contributed by atoms with Gasteiger partial charge in [-0.1, -0.05) is 11.6 Å². The number of hydrogen-bond acceptors (Lipinski definition) is 3. The van der Waals surface area contributed by atoms with E-state index in [9.17, 15) is 5.11 Å². The zero-order valence-electron chi connectivity index (χ0n) is 7.49. The summed E-state index contributed by atoms with van der Waals surface area (Å²) in [5.41, 5.74) is 0. The van der Waals surface area contributed by atoms with Crippen LogP contribution in [0.2, 0.25) is 5.15 Å². The van der Waals surface area contributed by atoms with Crippen molar-refractivity contribution in [3.05, 3.63) is 29.5 Å². The van der Waals surface area contributed by atoms with Crippen molar-refractivity contribution in [3.8, 4) is 11.5 Å². The number of pyridine rings is 1. The van der Waals surface area contributed by atoms with Gasteiger partial charge in [0.1, 0.15) is 16.7 Å². The van der Waals surface area contributed by atoms with Gasteiger partial charge in [-0.2, -0.15) is 0 Å². The summed E-state index contributed by atoms with van der Waals surface area (Å²) in [4.78, 5) is 3.95. The van der Waals surface area contributed by atoms with Crippen LogP contribution in [0.5, 0.6) is 11.5 Å². The van der Waals surface area contributed by atoms with Gasteiger partial charge in [-0.3, -0.25) is 0 Å². The van der Waals surface area contributed by atoms with E-state index >= 15 is 0 Å². The lowest BCUT2D eigenvalue weighted by Gasteiger charge is -2.05. The first-order valence-electron chi connectivity index (χ1n) is 4.03. The van der Waals surface area contributed by atoms with Crippen LogP contribution in [0.4, 0.5) is 0 Å². The van der Waals surface area contributed by atoms with Crippen molar-refractivity contribution < 1.29 is 9.84 Å². The summed E-state index contributed by atoms with van der Waals surface area (Å²) in [6.45, 7) is 0. The van der Waals surface area contributed by atoms with Crippen molar-refractivity contribution in [1.29, 1.82) is 0 Å². The Bertz CT molecular complexity index is 485. The molecule has 0 spiro atoms. The summed E-state index contributed by atoms with van der Waals surface area (Å²) >= 11 is 5.88. The lowest BCUT2D eigenvalue weighted by Crippen LogP contribution is -1.87. The van der Waals surface area contributed by atoms with Crippen molar-refractivity contribution in [3.63, 3.8) is 0 Å². The molecular weight excluding hydrogens is 202 g/mol. The number of aromatic nitrogens is 1. The van der Waals surface area contributed by atoms with Gasteiger partial charge in [-0.25, -0.2) is 4.98 Å². The zero-order chi connectivity index (χ0) is 10.1. The molecule has 0 bridgehead atoms. The van der Waals surface area contributed by atoms with Crippen LogP contribution < -0.4 is 4.74 Å². The zero-order valence-corrected chi connectivity index (χ0v) is 8.25. The van der Waals surface area contributed by atoms with Gasteiger partial charge in [-0.05, 0) is 18.2 Å². The van der Waals surface area contributed by atoms with E-state index in [0.29, 0.717) is 16.3 Å². The number of aromatic hydroxyl groups is 1. The molecule has 0 aliphatic carbocycles. The van der Waals surface area contributed by atoms with E-state index in [4.69, 9.17) is 16.3 Å². The highest BCUT2D eigenvalue weighted by Gasteiger charge is 2.06. The SMILES string of the molecule is COc1cnc(Cl)c2cc(O)ccc12. The van der Waals surface area contributed by atoms with Crippen LogP contribution >= 0.6 is 11.6 Å². The molecule has 2 aromatic rings. The summed E-state index contributed by atoms with van der Waals surface area (Å²) in [5, 5.41) is 11.2. The number of nitrogens with zero attached hydrogens (tertiary/aromatic N) is 1. The van der Waals surface area contributed by atoms with Crippen LogP contribution in [0.1, 0.15) is 0 Å². The number of phenols is 1. The van der Waals surface area contributed by atoms with Gasteiger partial charge in [0.2, 0.25) is 0 Å². The molecule has 0 saturated heterocycles. The molecule has 0 atom stereocenters. The fourth-order valence-electron chi connectivity index (χ4n) is 1.33. The molecule has 1 N–H and O–H groups in total. The van der Waals surface area contributed by atoms with E-state index in [1.807, 2.05) is 0 Å².